The first kappa shape index (κ1) is 14.3. The summed E-state index contributed by atoms with van der Waals surface area (Å²) in [5.41, 5.74) is 9.40. The normalized spacial score (nSPS) is 10.6. The van der Waals surface area contributed by atoms with Gasteiger partial charge < -0.3 is 10.6 Å². The molecule has 2 rings (SSSR count). The highest BCUT2D eigenvalue weighted by atomic mass is 16.2. The van der Waals surface area contributed by atoms with Crippen LogP contribution in [0.3, 0.4) is 0 Å². The number of nitrogens with zero attached hydrogens (tertiary/aromatic N) is 3. The van der Waals surface area contributed by atoms with Crippen molar-refractivity contribution in [2.24, 2.45) is 5.73 Å². The average Bonchev–Trinajstić information content (AvgIpc) is 2.90. The molecule has 0 fully saturated rings. The molecule has 0 spiro atoms. The third-order valence-electron chi connectivity index (χ3n) is 3.22. The van der Waals surface area contributed by atoms with E-state index in [-0.39, 0.29) is 5.91 Å². The molecule has 1 heterocycles. The number of hydrogen-bond donors (Lipinski definition) is 1. The predicted molar refractivity (Wildman–Crippen MR) is 79.1 cm³/mol. The van der Waals surface area contributed by atoms with Gasteiger partial charge in [0, 0.05) is 20.3 Å². The first-order valence-corrected chi connectivity index (χ1v) is 6.60. The molecule has 0 bridgehead atoms. The maximum absolute atomic E-state index is 11.8. The third kappa shape index (κ3) is 2.88. The van der Waals surface area contributed by atoms with Gasteiger partial charge in [-0.15, -0.1) is 0 Å². The zero-order valence-electron chi connectivity index (χ0n) is 12.1. The van der Waals surface area contributed by atoms with Gasteiger partial charge in [0.2, 0.25) is 0 Å². The van der Waals surface area contributed by atoms with E-state index in [0.717, 1.165) is 12.1 Å². The fraction of sp³-hybridized carbons (Fsp3) is 0.333. The van der Waals surface area contributed by atoms with Crippen LogP contribution < -0.4 is 5.73 Å². The van der Waals surface area contributed by atoms with E-state index in [1.165, 1.54) is 16.0 Å². The van der Waals surface area contributed by atoms with Crippen LogP contribution in [-0.2, 0) is 6.42 Å². The molecule has 0 radical (unpaired) electrons. The minimum Gasteiger partial charge on any atom is -0.343 e. The molecule has 1 aromatic heterocycles. The summed E-state index contributed by atoms with van der Waals surface area (Å²) >= 11 is 0. The minimum absolute atomic E-state index is 0.0970. The molecule has 106 valence electrons. The number of nitrogens with two attached hydrogens (primary N) is 1. The quantitative estimate of drug-likeness (QED) is 0.914. The molecular formula is C15H20N4O. The summed E-state index contributed by atoms with van der Waals surface area (Å²) in [5, 5.41) is 4.32. The van der Waals surface area contributed by atoms with Crippen molar-refractivity contribution in [2.75, 3.05) is 20.6 Å². The van der Waals surface area contributed by atoms with Gasteiger partial charge >= 0.3 is 0 Å². The minimum atomic E-state index is -0.0970. The maximum atomic E-state index is 11.8. The number of aryl methyl sites for hydroxylation is 1. The van der Waals surface area contributed by atoms with Gasteiger partial charge in [-0.2, -0.15) is 5.10 Å². The van der Waals surface area contributed by atoms with Crippen molar-refractivity contribution in [2.45, 2.75) is 13.3 Å². The Kier molecular flexibility index (Phi) is 4.20. The van der Waals surface area contributed by atoms with Gasteiger partial charge in [0.1, 0.15) is 0 Å². The summed E-state index contributed by atoms with van der Waals surface area (Å²) in [6, 6.07) is 7.84. The zero-order valence-corrected chi connectivity index (χ0v) is 12.1. The van der Waals surface area contributed by atoms with Crippen LogP contribution in [0.2, 0.25) is 0 Å². The van der Waals surface area contributed by atoms with Crippen molar-refractivity contribution in [1.82, 2.24) is 14.7 Å². The van der Waals surface area contributed by atoms with Crippen LogP contribution >= 0.6 is 0 Å². The Morgan fingerprint density at radius 1 is 1.35 bits per heavy atom. The molecule has 0 saturated heterocycles. The predicted octanol–water partition coefficient (Wildman–Crippen LogP) is 1.38. The van der Waals surface area contributed by atoms with Crippen LogP contribution in [0.5, 0.6) is 0 Å². The molecule has 0 aliphatic heterocycles. The standard InChI is InChI=1S/C15H20N4O/c1-11-10-13(5-4-12(11)6-8-16)19-9-7-14(17-19)15(20)18(2)3/h4-5,7,9-10H,6,8,16H2,1-3H3. The van der Waals surface area contributed by atoms with Crippen LogP contribution in [0.25, 0.3) is 5.69 Å². The summed E-state index contributed by atoms with van der Waals surface area (Å²) < 4.78 is 1.72. The summed E-state index contributed by atoms with van der Waals surface area (Å²) in [4.78, 5) is 13.3. The average molecular weight is 272 g/mol. The Labute approximate surface area is 119 Å². The lowest BCUT2D eigenvalue weighted by Crippen LogP contribution is -2.22. The Morgan fingerprint density at radius 3 is 2.70 bits per heavy atom. The first-order valence-electron chi connectivity index (χ1n) is 6.60. The van der Waals surface area contributed by atoms with Crippen molar-refractivity contribution >= 4 is 5.91 Å². The molecule has 0 unspecified atom stereocenters. The molecular weight excluding hydrogens is 252 g/mol. The van der Waals surface area contributed by atoms with E-state index in [1.54, 1.807) is 31.0 Å². The van der Waals surface area contributed by atoms with E-state index in [1.807, 2.05) is 6.07 Å². The van der Waals surface area contributed by atoms with Gasteiger partial charge in [-0.1, -0.05) is 6.07 Å². The van der Waals surface area contributed by atoms with Crippen molar-refractivity contribution in [3.63, 3.8) is 0 Å². The first-order chi connectivity index (χ1) is 9.52. The Balaban J connectivity index is 2.28. The molecule has 20 heavy (non-hydrogen) atoms. The highest BCUT2D eigenvalue weighted by Gasteiger charge is 2.12. The fourth-order valence-electron chi connectivity index (χ4n) is 2.07. The van der Waals surface area contributed by atoms with Crippen LogP contribution in [0.15, 0.2) is 30.5 Å². The van der Waals surface area contributed by atoms with E-state index in [9.17, 15) is 4.79 Å². The van der Waals surface area contributed by atoms with E-state index in [2.05, 4.69) is 24.2 Å². The van der Waals surface area contributed by atoms with E-state index in [0.29, 0.717) is 12.2 Å². The topological polar surface area (TPSA) is 64.2 Å². The summed E-state index contributed by atoms with van der Waals surface area (Å²) in [5.74, 6) is -0.0970. The molecule has 1 amide bonds. The van der Waals surface area contributed by atoms with Gasteiger partial charge in [-0.25, -0.2) is 4.68 Å². The molecule has 2 aromatic rings. The van der Waals surface area contributed by atoms with E-state index >= 15 is 0 Å². The van der Waals surface area contributed by atoms with Gasteiger partial charge in [-0.05, 0) is 49.2 Å². The number of hydrogen-bond acceptors (Lipinski definition) is 3. The molecule has 5 heteroatoms. The lowest BCUT2D eigenvalue weighted by Gasteiger charge is -2.09. The van der Waals surface area contributed by atoms with E-state index in [4.69, 9.17) is 5.73 Å². The summed E-state index contributed by atoms with van der Waals surface area (Å²) in [6.45, 7) is 2.70. The molecule has 0 aliphatic carbocycles. The second-order valence-corrected chi connectivity index (χ2v) is 4.99. The summed E-state index contributed by atoms with van der Waals surface area (Å²) in [6.07, 6.45) is 2.67. The molecule has 5 nitrogen and oxygen atoms in total. The molecule has 0 saturated carbocycles. The second-order valence-electron chi connectivity index (χ2n) is 4.99. The van der Waals surface area contributed by atoms with E-state index < -0.39 is 0 Å². The van der Waals surface area contributed by atoms with Crippen molar-refractivity contribution < 1.29 is 4.79 Å². The van der Waals surface area contributed by atoms with Crippen LogP contribution in [0.1, 0.15) is 21.6 Å². The Hall–Kier alpha value is -2.14. The Morgan fingerprint density at radius 2 is 2.10 bits per heavy atom. The van der Waals surface area contributed by atoms with Gasteiger partial charge in [0.15, 0.2) is 5.69 Å². The third-order valence-corrected chi connectivity index (χ3v) is 3.22. The zero-order chi connectivity index (χ0) is 14.7. The number of carbonyl (C=O) groups is 1. The van der Waals surface area contributed by atoms with Crippen LogP contribution in [0.4, 0.5) is 0 Å². The van der Waals surface area contributed by atoms with Crippen molar-refractivity contribution in [1.29, 1.82) is 0 Å². The van der Waals surface area contributed by atoms with Gasteiger partial charge in [0.25, 0.3) is 5.91 Å². The number of rotatable bonds is 4. The maximum Gasteiger partial charge on any atom is 0.273 e. The number of carbonyl (C=O) groups excluding carboxylic acids is 1. The largest absolute Gasteiger partial charge is 0.343 e. The Bertz CT molecular complexity index is 616. The summed E-state index contributed by atoms with van der Waals surface area (Å²) in [7, 11) is 3.43. The van der Waals surface area contributed by atoms with Crippen LogP contribution in [-0.4, -0.2) is 41.2 Å². The van der Waals surface area contributed by atoms with Gasteiger partial charge in [0.05, 0.1) is 5.69 Å². The number of aromatic nitrogens is 2. The highest BCUT2D eigenvalue weighted by molar-refractivity contribution is 5.91. The lowest BCUT2D eigenvalue weighted by molar-refractivity contribution is 0.0821. The van der Waals surface area contributed by atoms with Crippen molar-refractivity contribution in [3.8, 4) is 5.69 Å². The van der Waals surface area contributed by atoms with Gasteiger partial charge in [-0.3, -0.25) is 4.79 Å². The monoisotopic (exact) mass is 272 g/mol. The molecule has 2 N–H and O–H groups in total. The van der Waals surface area contributed by atoms with Crippen molar-refractivity contribution in [3.05, 3.63) is 47.3 Å². The molecule has 0 aliphatic rings. The smallest absolute Gasteiger partial charge is 0.273 e. The fourth-order valence-corrected chi connectivity index (χ4v) is 2.07. The molecule has 0 atom stereocenters. The molecule has 1 aromatic carbocycles. The number of amides is 1. The second kappa shape index (κ2) is 5.88. The van der Waals surface area contributed by atoms with Crippen LogP contribution in [0, 0.1) is 6.92 Å². The lowest BCUT2D eigenvalue weighted by atomic mass is 10.1. The SMILES string of the molecule is Cc1cc(-n2ccc(C(=O)N(C)C)n2)ccc1CCN. The highest BCUT2D eigenvalue weighted by Crippen LogP contribution is 2.15. The number of benzene rings is 1.